The third kappa shape index (κ3) is 5.80. The minimum absolute atomic E-state index is 0.0427. The summed E-state index contributed by atoms with van der Waals surface area (Å²) < 4.78 is 5.50. The zero-order valence-corrected chi connectivity index (χ0v) is 21.7. The van der Waals surface area contributed by atoms with E-state index in [9.17, 15) is 29.1 Å². The Balaban J connectivity index is 1.51. The molecule has 2 aliphatic rings. The number of aliphatic carboxylic acids is 2. The number of fused-ring (bicyclic) bond motifs is 1. The lowest BCUT2D eigenvalue weighted by Crippen LogP contribution is -2.71. The van der Waals surface area contributed by atoms with Crippen molar-refractivity contribution in [2.75, 3.05) is 23.4 Å². The molecule has 0 aromatic carbocycles. The maximum atomic E-state index is 13.0. The van der Waals surface area contributed by atoms with Crippen molar-refractivity contribution in [2.24, 2.45) is 5.16 Å². The molecule has 0 aliphatic carbocycles. The summed E-state index contributed by atoms with van der Waals surface area (Å²) in [6.07, 6.45) is 3.03. The predicted octanol–water partition coefficient (Wildman–Crippen LogP) is -1.39. The number of carbonyl (C=O) groups is 5. The number of hydrogen-bond acceptors (Lipinski definition) is 12. The third-order valence-electron chi connectivity index (χ3n) is 5.37. The van der Waals surface area contributed by atoms with Crippen molar-refractivity contribution in [3.63, 3.8) is 0 Å². The van der Waals surface area contributed by atoms with Crippen molar-refractivity contribution in [2.45, 2.75) is 24.9 Å². The molecule has 4 rings (SSSR count). The van der Waals surface area contributed by atoms with E-state index in [1.54, 1.807) is 23.8 Å². The third-order valence-corrected chi connectivity index (χ3v) is 7.26. The Bertz CT molecular complexity index is 1420. The fourth-order valence-electron chi connectivity index (χ4n) is 3.76. The molecule has 1 saturated heterocycles. The summed E-state index contributed by atoms with van der Waals surface area (Å²) in [6, 6.07) is 1.98. The maximum Gasteiger partial charge on any atom is 0.394 e. The summed E-state index contributed by atoms with van der Waals surface area (Å²) in [6.45, 7) is 1.86. The van der Waals surface area contributed by atoms with Gasteiger partial charge < -0.3 is 31.4 Å². The molecule has 2 aliphatic heterocycles. The number of hydrogen-bond donors (Lipinski definition) is 5. The summed E-state index contributed by atoms with van der Waals surface area (Å²) in [4.78, 5) is 70.4. The number of β-lactam (4-membered cyclic amide) rings is 1. The first-order valence-corrected chi connectivity index (χ1v) is 13.0. The highest BCUT2D eigenvalue weighted by Crippen LogP contribution is 2.40. The van der Waals surface area contributed by atoms with Crippen LogP contribution in [0.4, 0.5) is 10.8 Å². The van der Waals surface area contributed by atoms with Crippen LogP contribution in [0, 0.1) is 0 Å². The lowest BCUT2D eigenvalue weighted by molar-refractivity contribution is -0.688. The van der Waals surface area contributed by atoms with Gasteiger partial charge in [-0.05, 0) is 13.0 Å². The second kappa shape index (κ2) is 11.4. The molecule has 204 valence electrons. The molecule has 2 aromatic rings. The van der Waals surface area contributed by atoms with Crippen molar-refractivity contribution in [1.29, 1.82) is 0 Å². The number of nitrogens with one attached hydrogen (secondary N) is 2. The molecular formula is C21H21N8O8S2+. The number of aromatic nitrogens is 3. The van der Waals surface area contributed by atoms with E-state index in [4.69, 9.17) is 15.7 Å². The van der Waals surface area contributed by atoms with Crippen LogP contribution in [-0.2, 0) is 35.4 Å². The van der Waals surface area contributed by atoms with Crippen molar-refractivity contribution in [3.05, 3.63) is 41.6 Å². The van der Waals surface area contributed by atoms with Gasteiger partial charge in [0.25, 0.3) is 11.8 Å². The van der Waals surface area contributed by atoms with Crippen molar-refractivity contribution < 1.29 is 43.6 Å². The first-order valence-electron chi connectivity index (χ1n) is 11.1. The second-order valence-corrected chi connectivity index (χ2v) is 9.84. The molecule has 6 N–H and O–H groups in total. The summed E-state index contributed by atoms with van der Waals surface area (Å²) in [5.74, 6) is -5.49. The molecule has 0 bridgehead atoms. The number of thioether (sulfide) groups is 1. The second-order valence-electron chi connectivity index (χ2n) is 7.96. The quantitative estimate of drug-likeness (QED) is 0.0762. The largest absolute Gasteiger partial charge is 0.477 e. The van der Waals surface area contributed by atoms with Crippen LogP contribution in [0.15, 0.2) is 41.0 Å². The highest BCUT2D eigenvalue weighted by Gasteiger charge is 2.55. The topological polar surface area (TPSA) is 230 Å². The Kier molecular flexibility index (Phi) is 8.05. The van der Waals surface area contributed by atoms with Crippen molar-refractivity contribution in [3.8, 4) is 0 Å². The smallest absolute Gasteiger partial charge is 0.394 e. The zero-order valence-electron chi connectivity index (χ0n) is 20.1. The summed E-state index contributed by atoms with van der Waals surface area (Å²) in [7, 11) is 0. The maximum absolute atomic E-state index is 13.0. The van der Waals surface area contributed by atoms with Gasteiger partial charge in [-0.15, -0.1) is 11.8 Å². The molecule has 0 spiro atoms. The first kappa shape index (κ1) is 27.5. The number of anilines is 2. The highest BCUT2D eigenvalue weighted by atomic mass is 32.2. The van der Waals surface area contributed by atoms with Gasteiger partial charge in [-0.3, -0.25) is 19.3 Å². The number of nitrogen functional groups attached to an aromatic ring is 1. The molecule has 3 amide bonds. The van der Waals surface area contributed by atoms with Crippen LogP contribution in [0.25, 0.3) is 0 Å². The lowest BCUT2D eigenvalue weighted by Gasteiger charge is -2.49. The molecular weight excluding hydrogens is 556 g/mol. The number of oxime groups is 1. The number of rotatable bonds is 9. The molecule has 16 nitrogen and oxygen atoms in total. The van der Waals surface area contributed by atoms with Gasteiger partial charge in [0.1, 0.15) is 29.4 Å². The van der Waals surface area contributed by atoms with Gasteiger partial charge >= 0.3 is 17.8 Å². The van der Waals surface area contributed by atoms with Crippen LogP contribution in [0.2, 0.25) is 0 Å². The zero-order chi connectivity index (χ0) is 28.3. The van der Waals surface area contributed by atoms with Crippen LogP contribution in [0.1, 0.15) is 12.7 Å². The molecule has 1 fully saturated rings. The van der Waals surface area contributed by atoms with Gasteiger partial charge in [0.15, 0.2) is 24.1 Å². The number of carboxylic acids is 2. The van der Waals surface area contributed by atoms with E-state index >= 15 is 0 Å². The average molecular weight is 578 g/mol. The van der Waals surface area contributed by atoms with E-state index in [1.165, 1.54) is 24.0 Å². The van der Waals surface area contributed by atoms with Gasteiger partial charge in [0.2, 0.25) is 11.5 Å². The monoisotopic (exact) mass is 577 g/mol. The van der Waals surface area contributed by atoms with Gasteiger partial charge in [-0.25, -0.2) is 9.59 Å². The molecule has 1 unspecified atom stereocenters. The number of nitrogens with two attached hydrogens (primary N) is 1. The molecule has 2 aromatic heterocycles. The summed E-state index contributed by atoms with van der Waals surface area (Å²) in [5, 5.41) is 26.6. The Morgan fingerprint density at radius 1 is 1.31 bits per heavy atom. The predicted molar refractivity (Wildman–Crippen MR) is 135 cm³/mol. The van der Waals surface area contributed by atoms with E-state index < -0.39 is 41.1 Å². The number of carboxylic acid groups (broad SMARTS) is 2. The van der Waals surface area contributed by atoms with E-state index in [2.05, 4.69) is 25.1 Å². The van der Waals surface area contributed by atoms with Crippen LogP contribution in [0.3, 0.4) is 0 Å². The molecule has 4 heterocycles. The Hall–Kier alpha value is -4.58. The van der Waals surface area contributed by atoms with E-state index in [1.807, 2.05) is 0 Å². The van der Waals surface area contributed by atoms with Crippen molar-refractivity contribution in [1.82, 2.24) is 19.6 Å². The Morgan fingerprint density at radius 2 is 2.08 bits per heavy atom. The minimum atomic E-state index is -1.66. The number of carbonyl (C=O) groups excluding carboxylic acids is 3. The number of pyridine rings is 1. The summed E-state index contributed by atoms with van der Waals surface area (Å²) >= 11 is 2.10. The van der Waals surface area contributed by atoms with Gasteiger partial charge in [-0.1, -0.05) is 5.16 Å². The van der Waals surface area contributed by atoms with E-state index in [-0.39, 0.29) is 47.0 Å². The number of amides is 3. The lowest BCUT2D eigenvalue weighted by atomic mass is 10.0. The standard InChI is InChI=1S/C21H20N8O8S2/c1-2-37-26-11(14-25-21(22)39-27-14)15(30)24-12-17(32)29-13(19(33)34)9(8-38-18(12)29)6-28-5-3-4-10(7-28)23-16(31)20(35)36/h3-5,7,12,18H,2,6,8H2,1H3,(H5-,22,23,24,25,27,30,31,33,34,35,36)/p+1/t12?,18-/m1/s1. The van der Waals surface area contributed by atoms with E-state index in [0.29, 0.717) is 5.57 Å². The molecule has 0 saturated carbocycles. The average Bonchev–Trinajstić information content (AvgIpc) is 3.32. The molecule has 18 heteroatoms. The fraction of sp³-hybridized carbons (Fsp3) is 0.286. The van der Waals surface area contributed by atoms with Gasteiger partial charge in [-0.2, -0.15) is 13.9 Å². The fourth-order valence-corrected chi connectivity index (χ4v) is 5.53. The van der Waals surface area contributed by atoms with E-state index in [0.717, 1.165) is 16.4 Å². The number of nitrogens with zero attached hydrogens (tertiary/aromatic N) is 5. The normalized spacial score (nSPS) is 18.6. The van der Waals surface area contributed by atoms with Gasteiger partial charge in [0.05, 0.1) is 0 Å². The molecule has 39 heavy (non-hydrogen) atoms. The minimum Gasteiger partial charge on any atom is -0.477 e. The van der Waals surface area contributed by atoms with Crippen molar-refractivity contribution >= 4 is 69.5 Å². The summed E-state index contributed by atoms with van der Waals surface area (Å²) in [5.41, 5.74) is 5.68. The Morgan fingerprint density at radius 3 is 2.72 bits per heavy atom. The van der Waals surface area contributed by atoms with Crippen LogP contribution in [-0.4, -0.2) is 83.6 Å². The SMILES string of the molecule is CCON=C(C(=O)NC1C(=O)N2C(C(=O)O)=C(C[n+]3cccc(NC(=O)C(=O)O)c3)CS[C@H]12)c1nsc(N)n1. The van der Waals surface area contributed by atoms with Crippen LogP contribution >= 0.6 is 23.3 Å². The van der Waals surface area contributed by atoms with Crippen LogP contribution in [0.5, 0.6) is 0 Å². The first-order chi connectivity index (χ1) is 18.6. The van der Waals surface area contributed by atoms with Crippen LogP contribution < -0.4 is 20.9 Å². The highest BCUT2D eigenvalue weighted by molar-refractivity contribution is 8.00. The van der Waals surface area contributed by atoms with Gasteiger partial charge in [0, 0.05) is 28.9 Å². The molecule has 0 radical (unpaired) electrons. The molecule has 2 atom stereocenters. The Labute approximate surface area is 227 Å².